The molecule has 33 heavy (non-hydrogen) atoms. The van der Waals surface area contributed by atoms with Crippen LogP contribution in [0.15, 0.2) is 66.7 Å². The second kappa shape index (κ2) is 10.7. The van der Waals surface area contributed by atoms with Gasteiger partial charge in [0.1, 0.15) is 30.3 Å². The first-order valence-electron chi connectivity index (χ1n) is 10.9. The number of nitrogens with one attached hydrogen (secondary N) is 1. The van der Waals surface area contributed by atoms with Gasteiger partial charge in [0.05, 0.1) is 5.56 Å². The molecule has 1 aliphatic rings. The van der Waals surface area contributed by atoms with Crippen molar-refractivity contribution in [3.05, 3.63) is 82.9 Å². The average Bonchev–Trinajstić information content (AvgIpc) is 2.83. The van der Waals surface area contributed by atoms with Gasteiger partial charge in [-0.25, -0.2) is 4.79 Å². The van der Waals surface area contributed by atoms with E-state index in [9.17, 15) is 9.90 Å². The Morgan fingerprint density at radius 1 is 1.09 bits per heavy atom. The Labute approximate surface area is 197 Å². The highest BCUT2D eigenvalue weighted by Crippen LogP contribution is 2.32. The first kappa shape index (κ1) is 23.1. The molecule has 0 fully saturated rings. The third-order valence-corrected chi connectivity index (χ3v) is 5.81. The molecule has 2 unspecified atom stereocenters. The third-order valence-electron chi connectivity index (χ3n) is 5.56. The van der Waals surface area contributed by atoms with Gasteiger partial charge in [0, 0.05) is 18.1 Å². The van der Waals surface area contributed by atoms with E-state index >= 15 is 0 Å². The maximum absolute atomic E-state index is 11.0. The molecule has 0 aromatic heterocycles. The fourth-order valence-corrected chi connectivity index (χ4v) is 3.89. The molecule has 3 aromatic rings. The molecule has 0 saturated carbocycles. The molecule has 0 aliphatic carbocycles. The molecule has 4 rings (SSSR count). The Balaban J connectivity index is 1.24. The standard InChI is InChI=1S/C26H26ClNO5/c27-21-7-10-23(11-8-21)32-16-22(29)14-28-15-24-9-5-20-13-19(6-12-25(20)33-24)17-1-3-18(4-2-17)26(30)31/h1-4,6-8,10-13,22,24,28-29H,5,9,14-16H2,(H,30,31). The lowest BCUT2D eigenvalue weighted by atomic mass is 9.96. The highest BCUT2D eigenvalue weighted by atomic mass is 35.5. The largest absolute Gasteiger partial charge is 0.491 e. The lowest BCUT2D eigenvalue weighted by Crippen LogP contribution is -2.39. The fraction of sp³-hybridized carbons (Fsp3) is 0.269. The van der Waals surface area contributed by atoms with Crippen molar-refractivity contribution in [2.24, 2.45) is 0 Å². The third kappa shape index (κ3) is 6.26. The molecule has 172 valence electrons. The van der Waals surface area contributed by atoms with Crippen LogP contribution in [-0.4, -0.2) is 48.1 Å². The van der Waals surface area contributed by atoms with Crippen LogP contribution >= 0.6 is 11.6 Å². The topological polar surface area (TPSA) is 88.0 Å². The molecule has 0 radical (unpaired) electrons. The maximum atomic E-state index is 11.0. The Kier molecular flexibility index (Phi) is 7.50. The Hall–Kier alpha value is -3.06. The van der Waals surface area contributed by atoms with E-state index < -0.39 is 12.1 Å². The molecule has 0 amide bonds. The van der Waals surface area contributed by atoms with Crippen molar-refractivity contribution < 1.29 is 24.5 Å². The molecule has 6 nitrogen and oxygen atoms in total. The molecule has 7 heteroatoms. The predicted octanol–water partition coefficient (Wildman–Crippen LogP) is 4.43. The highest BCUT2D eigenvalue weighted by molar-refractivity contribution is 6.30. The summed E-state index contributed by atoms with van der Waals surface area (Å²) in [5.41, 5.74) is 3.43. The molecule has 1 heterocycles. The number of aromatic carboxylic acids is 1. The van der Waals surface area contributed by atoms with Crippen LogP contribution in [-0.2, 0) is 6.42 Å². The van der Waals surface area contributed by atoms with Crippen molar-refractivity contribution in [3.8, 4) is 22.6 Å². The van der Waals surface area contributed by atoms with Gasteiger partial charge in [-0.2, -0.15) is 0 Å². The molecule has 0 bridgehead atoms. The summed E-state index contributed by atoms with van der Waals surface area (Å²) in [6, 6.07) is 20.0. The van der Waals surface area contributed by atoms with E-state index in [4.69, 9.17) is 26.2 Å². The Bertz CT molecular complexity index is 1080. The van der Waals surface area contributed by atoms with E-state index in [-0.39, 0.29) is 18.3 Å². The molecule has 2 atom stereocenters. The summed E-state index contributed by atoms with van der Waals surface area (Å²) >= 11 is 5.85. The smallest absolute Gasteiger partial charge is 0.335 e. The van der Waals surface area contributed by atoms with E-state index in [1.807, 2.05) is 24.3 Å². The van der Waals surface area contributed by atoms with Gasteiger partial charge in [0.2, 0.25) is 0 Å². The molecule has 1 aliphatic heterocycles. The van der Waals surface area contributed by atoms with Gasteiger partial charge in [0.25, 0.3) is 0 Å². The number of hydrogen-bond donors (Lipinski definition) is 3. The minimum Gasteiger partial charge on any atom is -0.491 e. The number of aliphatic hydroxyl groups is 1. The summed E-state index contributed by atoms with van der Waals surface area (Å²) in [4.78, 5) is 11.0. The van der Waals surface area contributed by atoms with Crippen LogP contribution in [0.1, 0.15) is 22.3 Å². The van der Waals surface area contributed by atoms with E-state index in [0.717, 1.165) is 35.3 Å². The zero-order valence-corrected chi connectivity index (χ0v) is 18.8. The van der Waals surface area contributed by atoms with Crippen LogP contribution in [0.2, 0.25) is 5.02 Å². The van der Waals surface area contributed by atoms with Crippen LogP contribution in [0.4, 0.5) is 0 Å². The van der Waals surface area contributed by atoms with Crippen LogP contribution < -0.4 is 14.8 Å². The minimum absolute atomic E-state index is 0.0302. The summed E-state index contributed by atoms with van der Waals surface area (Å²) in [6.45, 7) is 1.24. The molecule has 3 aromatic carbocycles. The van der Waals surface area contributed by atoms with Crippen molar-refractivity contribution in [2.75, 3.05) is 19.7 Å². The molecule has 0 saturated heterocycles. The number of carboxylic acids is 1. The number of ether oxygens (including phenoxy) is 2. The number of fused-ring (bicyclic) bond motifs is 1. The summed E-state index contributed by atoms with van der Waals surface area (Å²) in [7, 11) is 0. The van der Waals surface area contributed by atoms with Crippen LogP contribution in [0.3, 0.4) is 0 Å². The average molecular weight is 468 g/mol. The van der Waals surface area contributed by atoms with Crippen LogP contribution in [0, 0.1) is 0 Å². The number of carbonyl (C=O) groups is 1. The van der Waals surface area contributed by atoms with E-state index in [2.05, 4.69) is 11.4 Å². The lowest BCUT2D eigenvalue weighted by molar-refractivity contribution is 0.0697. The second-order valence-corrected chi connectivity index (χ2v) is 8.50. The number of carboxylic acid groups (broad SMARTS) is 1. The molecular formula is C26H26ClNO5. The lowest BCUT2D eigenvalue weighted by Gasteiger charge is -2.27. The quantitative estimate of drug-likeness (QED) is 0.431. The van der Waals surface area contributed by atoms with E-state index in [1.165, 1.54) is 0 Å². The van der Waals surface area contributed by atoms with Crippen molar-refractivity contribution in [2.45, 2.75) is 25.0 Å². The van der Waals surface area contributed by atoms with Crippen molar-refractivity contribution in [1.29, 1.82) is 0 Å². The number of aryl methyl sites for hydroxylation is 1. The Morgan fingerprint density at radius 2 is 1.82 bits per heavy atom. The highest BCUT2D eigenvalue weighted by Gasteiger charge is 2.20. The molecule has 0 spiro atoms. The van der Waals surface area contributed by atoms with Crippen LogP contribution in [0.25, 0.3) is 11.1 Å². The van der Waals surface area contributed by atoms with Gasteiger partial charge < -0.3 is 25.0 Å². The zero-order valence-electron chi connectivity index (χ0n) is 18.0. The summed E-state index contributed by atoms with van der Waals surface area (Å²) in [6.07, 6.45) is 1.17. The first-order chi connectivity index (χ1) is 16.0. The zero-order chi connectivity index (χ0) is 23.2. The predicted molar refractivity (Wildman–Crippen MR) is 127 cm³/mol. The normalized spacial score (nSPS) is 15.9. The maximum Gasteiger partial charge on any atom is 0.335 e. The van der Waals surface area contributed by atoms with Gasteiger partial charge >= 0.3 is 5.97 Å². The van der Waals surface area contributed by atoms with Crippen molar-refractivity contribution in [3.63, 3.8) is 0 Å². The van der Waals surface area contributed by atoms with Gasteiger partial charge in [-0.15, -0.1) is 0 Å². The number of hydrogen-bond acceptors (Lipinski definition) is 5. The van der Waals surface area contributed by atoms with Gasteiger partial charge in [-0.05, 0) is 78.1 Å². The Morgan fingerprint density at radius 3 is 2.55 bits per heavy atom. The molecular weight excluding hydrogens is 442 g/mol. The second-order valence-electron chi connectivity index (χ2n) is 8.06. The minimum atomic E-state index is -0.929. The number of rotatable bonds is 9. The molecule has 3 N–H and O–H groups in total. The van der Waals surface area contributed by atoms with Gasteiger partial charge in [-0.1, -0.05) is 29.8 Å². The van der Waals surface area contributed by atoms with Crippen molar-refractivity contribution in [1.82, 2.24) is 5.32 Å². The van der Waals surface area contributed by atoms with Crippen LogP contribution in [0.5, 0.6) is 11.5 Å². The van der Waals surface area contributed by atoms with E-state index in [1.54, 1.807) is 36.4 Å². The van der Waals surface area contributed by atoms with Crippen molar-refractivity contribution >= 4 is 17.6 Å². The number of benzene rings is 3. The fourth-order valence-electron chi connectivity index (χ4n) is 3.77. The SMILES string of the molecule is O=C(O)c1ccc(-c2ccc3c(c2)CCC(CNCC(O)COc2ccc(Cl)cc2)O3)cc1. The summed E-state index contributed by atoms with van der Waals surface area (Å²) in [5.74, 6) is 0.607. The number of aliphatic hydroxyl groups excluding tert-OH is 1. The van der Waals surface area contributed by atoms with E-state index in [0.29, 0.717) is 23.9 Å². The van der Waals surface area contributed by atoms with Gasteiger partial charge in [0.15, 0.2) is 0 Å². The summed E-state index contributed by atoms with van der Waals surface area (Å²) in [5, 5.41) is 23.1. The first-order valence-corrected chi connectivity index (χ1v) is 11.3. The summed E-state index contributed by atoms with van der Waals surface area (Å²) < 4.78 is 11.7. The monoisotopic (exact) mass is 467 g/mol. The number of halogens is 1. The van der Waals surface area contributed by atoms with Gasteiger partial charge in [-0.3, -0.25) is 0 Å².